The van der Waals surface area contributed by atoms with E-state index >= 15 is 0 Å². The van der Waals surface area contributed by atoms with Gasteiger partial charge in [0.15, 0.2) is 0 Å². The highest BCUT2D eigenvalue weighted by Gasteiger charge is 1.97. The Labute approximate surface area is 236 Å². The number of allylic oxidation sites excluding steroid dienone is 4. The van der Waals surface area contributed by atoms with Gasteiger partial charge in [0, 0.05) is 12.8 Å². The Morgan fingerprint density at radius 3 is 1.08 bits per heavy atom. The highest BCUT2D eigenvalue weighted by molar-refractivity contribution is 5.66. The lowest BCUT2D eigenvalue weighted by Gasteiger charge is -2.02. The third-order valence-electron chi connectivity index (χ3n) is 6.84. The normalized spacial score (nSPS) is 11.2. The van der Waals surface area contributed by atoms with Crippen LogP contribution in [0.25, 0.3) is 0 Å². The molecule has 224 valence electrons. The fourth-order valence-electron chi connectivity index (χ4n) is 4.38. The van der Waals surface area contributed by atoms with Crippen molar-refractivity contribution < 1.29 is 19.8 Å². The van der Waals surface area contributed by atoms with E-state index in [1.165, 1.54) is 116 Å². The maximum atomic E-state index is 10.3. The molecule has 0 amide bonds. The van der Waals surface area contributed by atoms with Crippen molar-refractivity contribution in [1.82, 2.24) is 0 Å². The van der Waals surface area contributed by atoms with Crippen molar-refractivity contribution >= 4 is 11.9 Å². The second-order valence-corrected chi connectivity index (χ2v) is 10.8. The molecule has 0 rings (SSSR count). The van der Waals surface area contributed by atoms with E-state index in [0.717, 1.165) is 38.5 Å². The van der Waals surface area contributed by atoms with Gasteiger partial charge in [0.25, 0.3) is 0 Å². The van der Waals surface area contributed by atoms with Gasteiger partial charge in [-0.1, -0.05) is 147 Å². The van der Waals surface area contributed by atoms with E-state index in [-0.39, 0.29) is 0 Å². The standard InChI is InChI=1S/C18H32O2.C16H32O2/c1-2-3-4-5-6-7-8-9-10-11-12-13-14-15-16-17-18(19)20;1-2-3-4-5-6-7-8-9-10-11-12-13-14-15-16(17)18/h6-7,9-10H,2-5,8,11-17H2,1H3,(H,19,20);2-15H2,1H3,(H,17,18)/b7-6-,10-9-;. The summed E-state index contributed by atoms with van der Waals surface area (Å²) in [5.41, 5.74) is 0. The molecule has 0 bridgehead atoms. The molecule has 0 heterocycles. The van der Waals surface area contributed by atoms with Crippen LogP contribution in [0.1, 0.15) is 181 Å². The van der Waals surface area contributed by atoms with Gasteiger partial charge in [-0.2, -0.15) is 0 Å². The molecule has 0 aliphatic heterocycles. The summed E-state index contributed by atoms with van der Waals surface area (Å²) in [4.78, 5) is 20.6. The molecule has 4 heteroatoms. The predicted molar refractivity (Wildman–Crippen MR) is 165 cm³/mol. The molecule has 2 N–H and O–H groups in total. The molecule has 0 atom stereocenters. The van der Waals surface area contributed by atoms with E-state index < -0.39 is 11.9 Å². The lowest BCUT2D eigenvalue weighted by Crippen LogP contribution is -1.93. The average Bonchev–Trinajstić information content (AvgIpc) is 2.89. The lowest BCUT2D eigenvalue weighted by molar-refractivity contribution is -0.138. The number of aliphatic carboxylic acids is 2. The van der Waals surface area contributed by atoms with Gasteiger partial charge in [0.2, 0.25) is 0 Å². The van der Waals surface area contributed by atoms with Crippen LogP contribution in [0.2, 0.25) is 0 Å². The van der Waals surface area contributed by atoms with E-state index in [4.69, 9.17) is 10.2 Å². The first-order valence-corrected chi connectivity index (χ1v) is 16.3. The number of carboxylic acids is 2. The molecule has 0 aromatic rings. The summed E-state index contributed by atoms with van der Waals surface area (Å²) in [6.45, 7) is 4.50. The molecule has 0 aliphatic carbocycles. The smallest absolute Gasteiger partial charge is 0.303 e. The van der Waals surface area contributed by atoms with Gasteiger partial charge in [0.05, 0.1) is 0 Å². The minimum atomic E-state index is -0.671. The van der Waals surface area contributed by atoms with Crippen molar-refractivity contribution in [3.8, 4) is 0 Å². The van der Waals surface area contributed by atoms with Crippen LogP contribution in [-0.2, 0) is 9.59 Å². The van der Waals surface area contributed by atoms with Crippen molar-refractivity contribution in [1.29, 1.82) is 0 Å². The van der Waals surface area contributed by atoms with Gasteiger partial charge >= 0.3 is 11.9 Å². The Morgan fingerprint density at radius 1 is 0.421 bits per heavy atom. The Morgan fingerprint density at radius 2 is 0.711 bits per heavy atom. The van der Waals surface area contributed by atoms with Crippen LogP contribution in [0, 0.1) is 0 Å². The van der Waals surface area contributed by atoms with Crippen LogP contribution >= 0.6 is 0 Å². The van der Waals surface area contributed by atoms with Crippen molar-refractivity contribution in [3.63, 3.8) is 0 Å². The summed E-state index contributed by atoms with van der Waals surface area (Å²) in [7, 11) is 0. The first-order valence-electron chi connectivity index (χ1n) is 16.3. The molecule has 0 aliphatic rings. The maximum absolute atomic E-state index is 10.3. The Kier molecular flexibility index (Phi) is 35.9. The van der Waals surface area contributed by atoms with Crippen molar-refractivity contribution in [2.24, 2.45) is 0 Å². The van der Waals surface area contributed by atoms with E-state index in [0.29, 0.717) is 12.8 Å². The van der Waals surface area contributed by atoms with Gasteiger partial charge in [-0.25, -0.2) is 0 Å². The van der Waals surface area contributed by atoms with Gasteiger partial charge in [0.1, 0.15) is 0 Å². The van der Waals surface area contributed by atoms with E-state index in [9.17, 15) is 9.59 Å². The maximum Gasteiger partial charge on any atom is 0.303 e. The molecule has 0 spiro atoms. The first-order chi connectivity index (χ1) is 18.5. The number of unbranched alkanes of at least 4 members (excludes halogenated alkanes) is 20. The summed E-state index contributed by atoms with van der Waals surface area (Å²) >= 11 is 0. The zero-order chi connectivity index (χ0) is 28.4. The minimum Gasteiger partial charge on any atom is -0.481 e. The highest BCUT2D eigenvalue weighted by Crippen LogP contribution is 2.13. The van der Waals surface area contributed by atoms with E-state index in [2.05, 4.69) is 38.2 Å². The number of carboxylic acid groups (broad SMARTS) is 2. The molecule has 0 unspecified atom stereocenters. The van der Waals surface area contributed by atoms with Crippen LogP contribution in [0.4, 0.5) is 0 Å². The highest BCUT2D eigenvalue weighted by atomic mass is 16.4. The van der Waals surface area contributed by atoms with Gasteiger partial charge in [-0.15, -0.1) is 0 Å². The van der Waals surface area contributed by atoms with E-state index in [1.54, 1.807) is 0 Å². The monoisotopic (exact) mass is 536 g/mol. The third-order valence-corrected chi connectivity index (χ3v) is 6.84. The second-order valence-electron chi connectivity index (χ2n) is 10.8. The zero-order valence-corrected chi connectivity index (χ0v) is 25.4. The van der Waals surface area contributed by atoms with Gasteiger partial charge < -0.3 is 10.2 Å². The molecule has 0 aromatic carbocycles. The summed E-state index contributed by atoms with van der Waals surface area (Å²) in [5.74, 6) is -1.33. The molecular weight excluding hydrogens is 472 g/mol. The molecule has 0 saturated heterocycles. The van der Waals surface area contributed by atoms with Gasteiger partial charge in [-0.05, 0) is 44.9 Å². The summed E-state index contributed by atoms with van der Waals surface area (Å²) in [6, 6.07) is 0. The predicted octanol–water partition coefficient (Wildman–Crippen LogP) is 11.4. The zero-order valence-electron chi connectivity index (χ0n) is 25.4. The number of carbonyl (C=O) groups is 2. The minimum absolute atomic E-state index is 0.324. The Hall–Kier alpha value is -1.58. The fraction of sp³-hybridized carbons (Fsp3) is 0.824. The molecule has 0 radical (unpaired) electrons. The summed E-state index contributed by atoms with van der Waals surface area (Å²) in [6.07, 6.45) is 39.6. The van der Waals surface area contributed by atoms with Crippen molar-refractivity contribution in [2.75, 3.05) is 0 Å². The molecule has 0 aromatic heterocycles. The third kappa shape index (κ3) is 41.5. The SMILES string of the molecule is CCCCC/C=C\C/C=C\CCCCCCCC(=O)O.CCCCCCCCCCCCCCCC(=O)O. The lowest BCUT2D eigenvalue weighted by atomic mass is 10.0. The van der Waals surface area contributed by atoms with Crippen molar-refractivity contribution in [3.05, 3.63) is 24.3 Å². The topological polar surface area (TPSA) is 74.6 Å². The summed E-state index contributed by atoms with van der Waals surface area (Å²) < 4.78 is 0. The van der Waals surface area contributed by atoms with Crippen LogP contribution < -0.4 is 0 Å². The van der Waals surface area contributed by atoms with E-state index in [1.807, 2.05) is 0 Å². The first kappa shape index (κ1) is 38.6. The Bertz CT molecular complexity index is 539. The number of hydrogen-bond acceptors (Lipinski definition) is 2. The van der Waals surface area contributed by atoms with Crippen LogP contribution in [0.5, 0.6) is 0 Å². The van der Waals surface area contributed by atoms with Crippen LogP contribution in [0.3, 0.4) is 0 Å². The van der Waals surface area contributed by atoms with Crippen LogP contribution in [-0.4, -0.2) is 22.2 Å². The van der Waals surface area contributed by atoms with Gasteiger partial charge in [-0.3, -0.25) is 9.59 Å². The molecule has 0 fully saturated rings. The molecule has 4 nitrogen and oxygen atoms in total. The van der Waals surface area contributed by atoms with Crippen molar-refractivity contribution in [2.45, 2.75) is 181 Å². The second kappa shape index (κ2) is 35.4. The summed E-state index contributed by atoms with van der Waals surface area (Å²) in [5, 5.41) is 17.0. The molecule has 38 heavy (non-hydrogen) atoms. The quantitative estimate of drug-likeness (QED) is 0.0770. The fourth-order valence-corrected chi connectivity index (χ4v) is 4.38. The number of hydrogen-bond donors (Lipinski definition) is 2. The average molecular weight is 537 g/mol. The largest absolute Gasteiger partial charge is 0.481 e. The molecule has 0 saturated carbocycles. The Balaban J connectivity index is 0. The number of rotatable bonds is 28. The van der Waals surface area contributed by atoms with Crippen LogP contribution in [0.15, 0.2) is 24.3 Å². The molecular formula is C34H64O4.